The summed E-state index contributed by atoms with van der Waals surface area (Å²) in [4.78, 5) is 0. The van der Waals surface area contributed by atoms with Crippen LogP contribution in [0.2, 0.25) is 0 Å². The van der Waals surface area contributed by atoms with E-state index in [0.29, 0.717) is 0 Å². The van der Waals surface area contributed by atoms with Crippen LogP contribution in [0.4, 0.5) is 0 Å². The van der Waals surface area contributed by atoms with Gasteiger partial charge in [0.25, 0.3) is 0 Å². The van der Waals surface area contributed by atoms with E-state index in [9.17, 15) is 0 Å². The molecule has 0 radical (unpaired) electrons. The van der Waals surface area contributed by atoms with E-state index >= 15 is 0 Å². The molecule has 0 fully saturated rings. The van der Waals surface area contributed by atoms with Crippen LogP contribution >= 0.6 is 0 Å². The summed E-state index contributed by atoms with van der Waals surface area (Å²) in [6.07, 6.45) is 0. The summed E-state index contributed by atoms with van der Waals surface area (Å²) < 4.78 is 4.86. The van der Waals surface area contributed by atoms with Gasteiger partial charge >= 0.3 is 0 Å². The second-order valence-electron chi connectivity index (χ2n) is 14.1. The average Bonchev–Trinajstić information content (AvgIpc) is 3.75. The fourth-order valence-electron chi connectivity index (χ4n) is 8.67. The van der Waals surface area contributed by atoms with Crippen LogP contribution in [0.3, 0.4) is 0 Å². The van der Waals surface area contributed by atoms with Crippen LogP contribution in [0, 0.1) is 0 Å². The van der Waals surface area contributed by atoms with Gasteiger partial charge in [-0.15, -0.1) is 0 Å². The first kappa shape index (κ1) is 30.5. The van der Waals surface area contributed by atoms with Crippen LogP contribution in [0.15, 0.2) is 206 Å². The molecule has 0 aliphatic rings. The fourth-order valence-corrected chi connectivity index (χ4v) is 8.67. The van der Waals surface area contributed by atoms with Crippen molar-refractivity contribution in [2.45, 2.75) is 0 Å². The van der Waals surface area contributed by atoms with Crippen molar-refractivity contribution >= 4 is 54.4 Å². The van der Waals surface area contributed by atoms with Crippen molar-refractivity contribution in [1.82, 2.24) is 9.13 Å². The van der Waals surface area contributed by atoms with Crippen molar-refractivity contribution in [1.29, 1.82) is 0 Å². The second-order valence-corrected chi connectivity index (χ2v) is 14.1. The lowest BCUT2D eigenvalue weighted by Crippen LogP contribution is -1.96. The Kier molecular flexibility index (Phi) is 6.90. The van der Waals surface area contributed by atoms with E-state index < -0.39 is 0 Å². The number of para-hydroxylation sites is 3. The number of nitrogens with zero attached hydrogens (tertiary/aromatic N) is 2. The molecule has 2 heteroatoms. The van der Waals surface area contributed by atoms with E-state index in [0.717, 1.165) is 11.4 Å². The highest BCUT2D eigenvalue weighted by Gasteiger charge is 2.19. The largest absolute Gasteiger partial charge is 0.309 e. The van der Waals surface area contributed by atoms with E-state index in [4.69, 9.17) is 0 Å². The lowest BCUT2D eigenvalue weighted by molar-refractivity contribution is 1.16. The normalized spacial score (nSPS) is 11.7. The zero-order valence-electron chi connectivity index (χ0n) is 29.5. The minimum Gasteiger partial charge on any atom is -0.309 e. The second kappa shape index (κ2) is 12.2. The molecule has 11 aromatic rings. The van der Waals surface area contributed by atoms with Crippen LogP contribution in [0.5, 0.6) is 0 Å². The standard InChI is InChI=1S/C52H34N2/c1-4-16-35(17-5-1)44-31-38-21-15-27-41(46(38)32-45(44)36-18-6-2-7-19-36)37-20-14-24-40(30-37)54-50-29-13-11-26-43(50)48-33-47-42-25-10-12-28-49(42)53(51(47)34-52(48)54)39-22-8-3-9-23-39/h1-34H. The third kappa shape index (κ3) is 4.74. The Morgan fingerprint density at radius 3 is 1.39 bits per heavy atom. The molecule has 0 amide bonds. The van der Waals surface area contributed by atoms with Gasteiger partial charge in [0.2, 0.25) is 0 Å². The van der Waals surface area contributed by atoms with Crippen molar-refractivity contribution in [3.63, 3.8) is 0 Å². The first-order valence-corrected chi connectivity index (χ1v) is 18.6. The maximum atomic E-state index is 2.45. The minimum atomic E-state index is 1.14. The van der Waals surface area contributed by atoms with Crippen LogP contribution in [-0.4, -0.2) is 9.13 Å². The van der Waals surface area contributed by atoms with Gasteiger partial charge in [0, 0.05) is 32.9 Å². The number of benzene rings is 9. The molecule has 0 saturated carbocycles. The maximum Gasteiger partial charge on any atom is 0.0562 e. The third-order valence-electron chi connectivity index (χ3n) is 11.1. The predicted molar refractivity (Wildman–Crippen MR) is 229 cm³/mol. The molecule has 0 aliphatic heterocycles. The van der Waals surface area contributed by atoms with Crippen molar-refractivity contribution in [2.24, 2.45) is 0 Å². The molecule has 2 nitrogen and oxygen atoms in total. The van der Waals surface area contributed by atoms with E-state index in [2.05, 4.69) is 215 Å². The third-order valence-corrected chi connectivity index (χ3v) is 11.1. The summed E-state index contributed by atoms with van der Waals surface area (Å²) in [6.45, 7) is 0. The molecule has 0 N–H and O–H groups in total. The zero-order valence-corrected chi connectivity index (χ0v) is 29.5. The monoisotopic (exact) mass is 686 g/mol. The molecule has 252 valence electrons. The quantitative estimate of drug-likeness (QED) is 0.171. The van der Waals surface area contributed by atoms with Crippen molar-refractivity contribution in [2.75, 3.05) is 0 Å². The highest BCUT2D eigenvalue weighted by molar-refractivity contribution is 6.19. The van der Waals surface area contributed by atoms with E-state index in [1.807, 2.05) is 0 Å². The fraction of sp³-hybridized carbons (Fsp3) is 0. The van der Waals surface area contributed by atoms with Gasteiger partial charge < -0.3 is 9.13 Å². The highest BCUT2D eigenvalue weighted by atomic mass is 15.0. The van der Waals surface area contributed by atoms with Gasteiger partial charge in [-0.2, -0.15) is 0 Å². The molecule has 2 heterocycles. The summed E-state index contributed by atoms with van der Waals surface area (Å²) >= 11 is 0. The summed E-state index contributed by atoms with van der Waals surface area (Å²) in [5.74, 6) is 0. The molecule has 0 spiro atoms. The van der Waals surface area contributed by atoms with Gasteiger partial charge in [-0.1, -0.05) is 146 Å². The number of fused-ring (bicyclic) bond motifs is 7. The molecule has 11 rings (SSSR count). The van der Waals surface area contributed by atoms with Crippen molar-refractivity contribution in [3.05, 3.63) is 206 Å². The molecule has 0 saturated heterocycles. The maximum absolute atomic E-state index is 2.45. The van der Waals surface area contributed by atoms with Crippen LogP contribution in [0.1, 0.15) is 0 Å². The number of aromatic nitrogens is 2. The Hall–Kier alpha value is -7.16. The summed E-state index contributed by atoms with van der Waals surface area (Å²) in [6, 6.07) is 75.2. The molecular formula is C52H34N2. The SMILES string of the molecule is c1ccc(-c2cc3cccc(-c4cccc(-n5c6ccccc6c6cc7c8ccccc8n(-c8ccccc8)c7cc65)c4)c3cc2-c2ccccc2)cc1. The van der Waals surface area contributed by atoms with Gasteiger partial charge in [0.05, 0.1) is 22.1 Å². The predicted octanol–water partition coefficient (Wildman–Crippen LogP) is 14.0. The molecule has 0 aliphatic carbocycles. The number of hydrogen-bond donors (Lipinski definition) is 0. The average molecular weight is 687 g/mol. The van der Waals surface area contributed by atoms with Crippen LogP contribution < -0.4 is 0 Å². The Morgan fingerprint density at radius 1 is 0.241 bits per heavy atom. The van der Waals surface area contributed by atoms with Gasteiger partial charge in [-0.3, -0.25) is 0 Å². The summed E-state index contributed by atoms with van der Waals surface area (Å²) in [5.41, 5.74) is 14.4. The van der Waals surface area contributed by atoms with Gasteiger partial charge in [-0.25, -0.2) is 0 Å². The molecule has 0 unspecified atom stereocenters. The van der Waals surface area contributed by atoms with Crippen LogP contribution in [0.25, 0.3) is 99.1 Å². The van der Waals surface area contributed by atoms with E-state index in [1.165, 1.54) is 87.8 Å². The highest BCUT2D eigenvalue weighted by Crippen LogP contribution is 2.42. The summed E-state index contributed by atoms with van der Waals surface area (Å²) in [7, 11) is 0. The smallest absolute Gasteiger partial charge is 0.0562 e. The van der Waals surface area contributed by atoms with E-state index in [-0.39, 0.29) is 0 Å². The molecule has 9 aromatic carbocycles. The zero-order chi connectivity index (χ0) is 35.6. The molecule has 54 heavy (non-hydrogen) atoms. The number of rotatable bonds is 5. The summed E-state index contributed by atoms with van der Waals surface area (Å²) in [5, 5.41) is 7.50. The Morgan fingerprint density at radius 2 is 0.741 bits per heavy atom. The minimum absolute atomic E-state index is 1.14. The van der Waals surface area contributed by atoms with Gasteiger partial charge in [0.15, 0.2) is 0 Å². The Labute approximate surface area is 313 Å². The first-order valence-electron chi connectivity index (χ1n) is 18.6. The first-order chi connectivity index (χ1) is 26.8. The van der Waals surface area contributed by atoms with Crippen molar-refractivity contribution in [3.8, 4) is 44.8 Å². The molecule has 0 bridgehead atoms. The van der Waals surface area contributed by atoms with Crippen LogP contribution in [-0.2, 0) is 0 Å². The topological polar surface area (TPSA) is 9.86 Å². The number of hydrogen-bond acceptors (Lipinski definition) is 0. The van der Waals surface area contributed by atoms with E-state index in [1.54, 1.807) is 0 Å². The molecule has 2 aromatic heterocycles. The van der Waals surface area contributed by atoms with Crippen molar-refractivity contribution < 1.29 is 0 Å². The lowest BCUT2D eigenvalue weighted by Gasteiger charge is -2.16. The molecule has 0 atom stereocenters. The Bertz CT molecular complexity index is 3190. The lowest BCUT2D eigenvalue weighted by atomic mass is 9.89. The van der Waals surface area contributed by atoms with Gasteiger partial charge in [0.1, 0.15) is 0 Å². The van der Waals surface area contributed by atoms with Gasteiger partial charge in [-0.05, 0) is 105 Å². The Balaban J connectivity index is 1.15. The molecular weight excluding hydrogens is 653 g/mol.